The molecule has 96 valence electrons. The molecule has 1 heterocycles. The van der Waals surface area contributed by atoms with E-state index in [1.165, 1.54) is 0 Å². The Hall–Kier alpha value is -0.650. The maximum atomic E-state index is 10.1. The highest BCUT2D eigenvalue weighted by Crippen LogP contribution is 2.29. The van der Waals surface area contributed by atoms with E-state index in [2.05, 4.69) is 10.3 Å². The highest BCUT2D eigenvalue weighted by atomic mass is 35.5. The van der Waals surface area contributed by atoms with E-state index in [0.29, 0.717) is 28.7 Å². The number of halogens is 2. The molecule has 0 spiro atoms. The lowest BCUT2D eigenvalue weighted by atomic mass is 10.1. The Kier molecular flexibility index (Phi) is 4.97. The fourth-order valence-corrected chi connectivity index (χ4v) is 2.80. The molecule has 3 nitrogen and oxygen atoms in total. The second-order valence-corrected chi connectivity index (χ2v) is 5.29. The molecular weight excluding hydrogens is 291 g/mol. The summed E-state index contributed by atoms with van der Waals surface area (Å²) in [4.78, 5) is 4.14. The molecule has 2 rings (SSSR count). The molecule has 0 aliphatic carbocycles. The van der Waals surface area contributed by atoms with E-state index in [0.717, 1.165) is 5.69 Å². The van der Waals surface area contributed by atoms with Gasteiger partial charge in [0.2, 0.25) is 0 Å². The molecule has 2 aromatic rings. The summed E-state index contributed by atoms with van der Waals surface area (Å²) >= 11 is 13.6. The van der Waals surface area contributed by atoms with Gasteiger partial charge in [0.25, 0.3) is 0 Å². The summed E-state index contributed by atoms with van der Waals surface area (Å²) in [5, 5.41) is 16.1. The van der Waals surface area contributed by atoms with Crippen LogP contribution in [0.4, 0.5) is 0 Å². The molecule has 1 aromatic heterocycles. The van der Waals surface area contributed by atoms with E-state index in [9.17, 15) is 5.11 Å². The van der Waals surface area contributed by atoms with Crippen molar-refractivity contribution < 1.29 is 5.11 Å². The van der Waals surface area contributed by atoms with E-state index >= 15 is 0 Å². The van der Waals surface area contributed by atoms with E-state index in [1.54, 1.807) is 35.0 Å². The van der Waals surface area contributed by atoms with Crippen molar-refractivity contribution in [2.75, 3.05) is 6.54 Å². The highest BCUT2D eigenvalue weighted by molar-refractivity contribution is 7.07. The molecule has 1 aromatic carbocycles. The van der Waals surface area contributed by atoms with Gasteiger partial charge < -0.3 is 10.4 Å². The van der Waals surface area contributed by atoms with Crippen LogP contribution in [0.25, 0.3) is 0 Å². The number of rotatable bonds is 5. The summed E-state index contributed by atoms with van der Waals surface area (Å²) in [6.45, 7) is 0.990. The molecule has 0 aliphatic heterocycles. The zero-order valence-electron chi connectivity index (χ0n) is 9.44. The van der Waals surface area contributed by atoms with Crippen LogP contribution in [0.1, 0.15) is 17.4 Å². The minimum Gasteiger partial charge on any atom is -0.387 e. The Morgan fingerprint density at radius 2 is 2.06 bits per heavy atom. The first-order chi connectivity index (χ1) is 8.68. The lowest BCUT2D eigenvalue weighted by Gasteiger charge is -2.14. The van der Waals surface area contributed by atoms with Gasteiger partial charge in [-0.15, -0.1) is 11.3 Å². The van der Waals surface area contributed by atoms with Gasteiger partial charge in [-0.05, 0) is 12.1 Å². The zero-order valence-corrected chi connectivity index (χ0v) is 11.8. The van der Waals surface area contributed by atoms with E-state index in [4.69, 9.17) is 23.2 Å². The maximum absolute atomic E-state index is 10.1. The third-order valence-corrected chi connectivity index (χ3v) is 3.75. The van der Waals surface area contributed by atoms with Gasteiger partial charge in [-0.1, -0.05) is 29.3 Å². The Morgan fingerprint density at radius 3 is 2.67 bits per heavy atom. The molecule has 1 atom stereocenters. The van der Waals surface area contributed by atoms with Gasteiger partial charge in [0.15, 0.2) is 0 Å². The van der Waals surface area contributed by atoms with Crippen molar-refractivity contribution in [1.29, 1.82) is 0 Å². The number of nitrogens with zero attached hydrogens (tertiary/aromatic N) is 1. The molecule has 0 saturated heterocycles. The van der Waals surface area contributed by atoms with E-state index < -0.39 is 6.10 Å². The molecule has 0 bridgehead atoms. The largest absolute Gasteiger partial charge is 0.387 e. The predicted molar refractivity (Wildman–Crippen MR) is 75.2 cm³/mol. The number of hydrogen-bond acceptors (Lipinski definition) is 4. The normalized spacial score (nSPS) is 12.6. The molecular formula is C12H12Cl2N2OS. The molecule has 0 saturated carbocycles. The number of thiazole rings is 1. The fraction of sp³-hybridized carbons (Fsp3) is 0.250. The molecule has 6 heteroatoms. The van der Waals surface area contributed by atoms with Crippen molar-refractivity contribution in [1.82, 2.24) is 10.3 Å². The molecule has 2 N–H and O–H groups in total. The van der Waals surface area contributed by atoms with Crippen molar-refractivity contribution in [3.63, 3.8) is 0 Å². The quantitative estimate of drug-likeness (QED) is 0.891. The van der Waals surface area contributed by atoms with Crippen LogP contribution in [0.15, 0.2) is 29.1 Å². The minimum absolute atomic E-state index is 0.376. The number of aliphatic hydroxyl groups excluding tert-OH is 1. The number of hydrogen-bond donors (Lipinski definition) is 2. The topological polar surface area (TPSA) is 45.1 Å². The van der Waals surface area contributed by atoms with Crippen molar-refractivity contribution in [3.8, 4) is 0 Å². The summed E-state index contributed by atoms with van der Waals surface area (Å²) in [7, 11) is 0. The van der Waals surface area contributed by atoms with Gasteiger partial charge in [-0.3, -0.25) is 0 Å². The molecule has 18 heavy (non-hydrogen) atoms. The molecule has 0 amide bonds. The zero-order chi connectivity index (χ0) is 13.0. The average Bonchev–Trinajstić information content (AvgIpc) is 2.82. The Morgan fingerprint density at radius 1 is 1.33 bits per heavy atom. The summed E-state index contributed by atoms with van der Waals surface area (Å²) < 4.78 is 0. The van der Waals surface area contributed by atoms with Crippen LogP contribution in [-0.4, -0.2) is 16.6 Å². The minimum atomic E-state index is -0.732. The smallest absolute Gasteiger partial charge is 0.0943 e. The van der Waals surface area contributed by atoms with Crippen LogP contribution >= 0.6 is 34.5 Å². The van der Waals surface area contributed by atoms with Gasteiger partial charge in [0.1, 0.15) is 0 Å². The van der Waals surface area contributed by atoms with Crippen LogP contribution in [-0.2, 0) is 6.54 Å². The number of benzene rings is 1. The molecule has 0 fully saturated rings. The molecule has 0 radical (unpaired) electrons. The van der Waals surface area contributed by atoms with Gasteiger partial charge in [0.05, 0.1) is 17.3 Å². The van der Waals surface area contributed by atoms with Crippen LogP contribution in [0.2, 0.25) is 10.0 Å². The van der Waals surface area contributed by atoms with Crippen LogP contribution in [0.5, 0.6) is 0 Å². The molecule has 1 unspecified atom stereocenters. The van der Waals surface area contributed by atoms with Crippen molar-refractivity contribution in [2.24, 2.45) is 0 Å². The Bertz CT molecular complexity index is 485. The number of aliphatic hydroxyl groups is 1. The fourth-order valence-electron chi connectivity index (χ4n) is 1.59. The first kappa shape index (κ1) is 13.8. The predicted octanol–water partition coefficient (Wildman–Crippen LogP) is 3.27. The third kappa shape index (κ3) is 3.43. The first-order valence-corrected chi connectivity index (χ1v) is 7.08. The van der Waals surface area contributed by atoms with Crippen LogP contribution in [0, 0.1) is 0 Å². The van der Waals surface area contributed by atoms with E-state index in [-0.39, 0.29) is 0 Å². The lowest BCUT2D eigenvalue weighted by molar-refractivity contribution is 0.174. The monoisotopic (exact) mass is 302 g/mol. The third-order valence-electron chi connectivity index (χ3n) is 2.46. The second-order valence-electron chi connectivity index (χ2n) is 3.76. The maximum Gasteiger partial charge on any atom is 0.0943 e. The van der Waals surface area contributed by atoms with Gasteiger partial charge in [-0.2, -0.15) is 0 Å². The van der Waals surface area contributed by atoms with Crippen molar-refractivity contribution >= 4 is 34.5 Å². The van der Waals surface area contributed by atoms with Crippen LogP contribution in [0.3, 0.4) is 0 Å². The standard InChI is InChI=1S/C12H12Cl2N2OS/c13-9-2-1-3-10(14)12(9)11(17)5-15-4-8-6-18-7-16-8/h1-3,6-7,11,15,17H,4-5H2. The number of nitrogens with one attached hydrogen (secondary N) is 1. The first-order valence-electron chi connectivity index (χ1n) is 5.38. The van der Waals surface area contributed by atoms with Crippen molar-refractivity contribution in [2.45, 2.75) is 12.6 Å². The average molecular weight is 303 g/mol. The van der Waals surface area contributed by atoms with Crippen LogP contribution < -0.4 is 5.32 Å². The second kappa shape index (κ2) is 6.50. The Balaban J connectivity index is 1.93. The van der Waals surface area contributed by atoms with Gasteiger partial charge >= 0.3 is 0 Å². The lowest BCUT2D eigenvalue weighted by Crippen LogP contribution is -2.21. The van der Waals surface area contributed by atoms with Gasteiger partial charge in [0, 0.05) is 34.1 Å². The van der Waals surface area contributed by atoms with E-state index in [1.807, 2.05) is 5.38 Å². The summed E-state index contributed by atoms with van der Waals surface area (Å²) in [6.07, 6.45) is -0.732. The summed E-state index contributed by atoms with van der Waals surface area (Å²) in [5.41, 5.74) is 3.29. The SMILES string of the molecule is OC(CNCc1cscn1)c1c(Cl)cccc1Cl. The Labute approximate surface area is 119 Å². The van der Waals surface area contributed by atoms with Crippen molar-refractivity contribution in [3.05, 3.63) is 50.4 Å². The van der Waals surface area contributed by atoms with Gasteiger partial charge in [-0.25, -0.2) is 4.98 Å². The summed E-state index contributed by atoms with van der Waals surface area (Å²) in [5.74, 6) is 0. The molecule has 0 aliphatic rings. The highest BCUT2D eigenvalue weighted by Gasteiger charge is 2.14. The summed E-state index contributed by atoms with van der Waals surface area (Å²) in [6, 6.07) is 5.18. The number of aromatic nitrogens is 1.